The predicted molar refractivity (Wildman–Crippen MR) is 113 cm³/mol. The number of para-hydroxylation sites is 1. The second-order valence-corrected chi connectivity index (χ2v) is 7.43. The van der Waals surface area contributed by atoms with E-state index >= 15 is 0 Å². The molecule has 7 nitrogen and oxygen atoms in total. The first-order chi connectivity index (χ1) is 14.1. The normalized spacial score (nSPS) is 16.3. The molecule has 0 saturated carbocycles. The molecule has 1 saturated heterocycles. The molecule has 1 amide bonds. The number of carbonyl (C=O) groups excluding carboxylic acids is 1. The number of hydrogen-bond acceptors (Lipinski definition) is 4. The summed E-state index contributed by atoms with van der Waals surface area (Å²) in [5.41, 5.74) is 0.593. The number of fused-ring (bicyclic) bond motifs is 1. The second kappa shape index (κ2) is 8.34. The van der Waals surface area contributed by atoms with Crippen LogP contribution in [0.2, 0.25) is 0 Å². The van der Waals surface area contributed by atoms with Gasteiger partial charge in [0.2, 0.25) is 5.91 Å². The number of hydrogen-bond donors (Lipinski definition) is 2. The first kappa shape index (κ1) is 19.0. The van der Waals surface area contributed by atoms with Crippen LogP contribution in [0.1, 0.15) is 12.8 Å². The molecular weight excluding hydrogens is 368 g/mol. The van der Waals surface area contributed by atoms with E-state index in [4.69, 9.17) is 0 Å². The zero-order chi connectivity index (χ0) is 20.2. The van der Waals surface area contributed by atoms with Gasteiger partial charge >= 0.3 is 0 Å². The van der Waals surface area contributed by atoms with Crippen molar-refractivity contribution in [2.75, 3.05) is 24.5 Å². The smallest absolute Gasteiger partial charge is 0.273 e. The highest BCUT2D eigenvalue weighted by atomic mass is 16.2. The first-order valence-corrected chi connectivity index (χ1v) is 9.90. The van der Waals surface area contributed by atoms with E-state index in [0.717, 1.165) is 19.5 Å². The van der Waals surface area contributed by atoms with Gasteiger partial charge < -0.3 is 10.2 Å². The van der Waals surface area contributed by atoms with Crippen molar-refractivity contribution in [3.63, 3.8) is 0 Å². The highest BCUT2D eigenvalue weighted by Crippen LogP contribution is 2.22. The highest BCUT2D eigenvalue weighted by Gasteiger charge is 2.22. The molecule has 1 unspecified atom stereocenters. The lowest BCUT2D eigenvalue weighted by atomic mass is 10.1. The van der Waals surface area contributed by atoms with Gasteiger partial charge in [-0.2, -0.15) is 0 Å². The van der Waals surface area contributed by atoms with Crippen molar-refractivity contribution in [3.05, 3.63) is 75.3 Å². The van der Waals surface area contributed by atoms with Gasteiger partial charge in [-0.15, -0.1) is 0 Å². The molecule has 1 aliphatic heterocycles. The van der Waals surface area contributed by atoms with Crippen LogP contribution in [-0.4, -0.2) is 35.3 Å². The number of carbonyl (C=O) groups is 1. The topological polar surface area (TPSA) is 87.2 Å². The van der Waals surface area contributed by atoms with E-state index in [1.54, 1.807) is 24.3 Å². The molecule has 2 heterocycles. The van der Waals surface area contributed by atoms with E-state index in [1.807, 2.05) is 18.2 Å². The fraction of sp³-hybridized carbons (Fsp3) is 0.318. The zero-order valence-corrected chi connectivity index (χ0v) is 16.1. The van der Waals surface area contributed by atoms with Gasteiger partial charge in [-0.3, -0.25) is 19.5 Å². The van der Waals surface area contributed by atoms with Crippen molar-refractivity contribution >= 4 is 22.4 Å². The van der Waals surface area contributed by atoms with Crippen LogP contribution in [0.25, 0.3) is 10.8 Å². The summed E-state index contributed by atoms with van der Waals surface area (Å²) in [6.07, 6.45) is 1.18. The molecule has 3 aromatic rings. The molecular formula is C22H24N4O3. The van der Waals surface area contributed by atoms with E-state index in [0.29, 0.717) is 23.2 Å². The number of aromatic amines is 1. The van der Waals surface area contributed by atoms with E-state index in [2.05, 4.69) is 27.4 Å². The van der Waals surface area contributed by atoms with Gasteiger partial charge in [-0.05, 0) is 36.6 Å². The van der Waals surface area contributed by atoms with Crippen molar-refractivity contribution in [2.24, 2.45) is 5.92 Å². The van der Waals surface area contributed by atoms with Gasteiger partial charge in [0.25, 0.3) is 11.1 Å². The lowest BCUT2D eigenvalue weighted by Gasteiger charge is -2.18. The van der Waals surface area contributed by atoms with Crippen LogP contribution in [0.15, 0.2) is 64.2 Å². The highest BCUT2D eigenvalue weighted by molar-refractivity contribution is 5.80. The van der Waals surface area contributed by atoms with Crippen molar-refractivity contribution in [3.8, 4) is 0 Å². The number of rotatable bonds is 6. The van der Waals surface area contributed by atoms with Gasteiger partial charge in [0.1, 0.15) is 0 Å². The van der Waals surface area contributed by atoms with Crippen molar-refractivity contribution in [2.45, 2.75) is 19.4 Å². The second-order valence-electron chi connectivity index (χ2n) is 7.43. The van der Waals surface area contributed by atoms with E-state index in [-0.39, 0.29) is 30.0 Å². The van der Waals surface area contributed by atoms with Gasteiger partial charge in [0.15, 0.2) is 0 Å². The average Bonchev–Trinajstić information content (AvgIpc) is 3.23. The third kappa shape index (κ3) is 4.23. The lowest BCUT2D eigenvalue weighted by Crippen LogP contribution is -2.34. The maximum Gasteiger partial charge on any atom is 0.273 e. The molecule has 1 aromatic heterocycles. The minimum Gasteiger partial charge on any atom is -0.371 e. The summed E-state index contributed by atoms with van der Waals surface area (Å²) in [7, 11) is 0. The van der Waals surface area contributed by atoms with Crippen LogP contribution < -0.4 is 21.3 Å². The largest absolute Gasteiger partial charge is 0.371 e. The quantitative estimate of drug-likeness (QED) is 0.669. The summed E-state index contributed by atoms with van der Waals surface area (Å²) < 4.78 is 1.22. The number of aromatic nitrogens is 2. The molecule has 0 aliphatic carbocycles. The molecule has 0 radical (unpaired) electrons. The predicted octanol–water partition coefficient (Wildman–Crippen LogP) is 1.72. The van der Waals surface area contributed by atoms with Crippen LogP contribution in [0, 0.1) is 5.92 Å². The molecule has 150 valence electrons. The molecule has 29 heavy (non-hydrogen) atoms. The zero-order valence-electron chi connectivity index (χ0n) is 16.1. The summed E-state index contributed by atoms with van der Waals surface area (Å²) in [5.74, 6) is 0.284. The van der Waals surface area contributed by atoms with E-state index < -0.39 is 0 Å². The number of nitrogens with zero attached hydrogens (tertiary/aromatic N) is 2. The summed E-state index contributed by atoms with van der Waals surface area (Å²) >= 11 is 0. The summed E-state index contributed by atoms with van der Waals surface area (Å²) in [6, 6.07) is 17.0. The molecule has 0 spiro atoms. The number of nitrogens with one attached hydrogen (secondary N) is 2. The fourth-order valence-corrected chi connectivity index (χ4v) is 3.84. The maximum absolute atomic E-state index is 12.5. The van der Waals surface area contributed by atoms with Crippen LogP contribution in [0.5, 0.6) is 0 Å². The number of aryl methyl sites for hydroxylation is 1. The Morgan fingerprint density at radius 1 is 1.03 bits per heavy atom. The Morgan fingerprint density at radius 2 is 1.76 bits per heavy atom. The standard InChI is InChI=1S/C22H24N4O3/c27-20(23-14-16-10-12-25(15-16)17-6-2-1-3-7-17)11-13-26-22(29)19-9-5-4-8-18(19)21(28)24-26/h1-9,16H,10-15H2,(H,23,27)(H,24,28). The van der Waals surface area contributed by atoms with Gasteiger partial charge in [0.05, 0.1) is 17.3 Å². The molecule has 0 bridgehead atoms. The molecule has 4 rings (SSSR count). The van der Waals surface area contributed by atoms with Crippen LogP contribution in [-0.2, 0) is 11.3 Å². The minimum absolute atomic E-state index is 0.121. The molecule has 1 aliphatic rings. The van der Waals surface area contributed by atoms with Crippen LogP contribution in [0.4, 0.5) is 5.69 Å². The van der Waals surface area contributed by atoms with Crippen molar-refractivity contribution in [1.82, 2.24) is 15.1 Å². The minimum atomic E-state index is -0.326. The third-order valence-corrected chi connectivity index (χ3v) is 5.44. The third-order valence-electron chi connectivity index (χ3n) is 5.44. The summed E-state index contributed by atoms with van der Waals surface area (Å²) in [5, 5.41) is 6.25. The lowest BCUT2D eigenvalue weighted by molar-refractivity contribution is -0.121. The van der Waals surface area contributed by atoms with Crippen LogP contribution in [0.3, 0.4) is 0 Å². The van der Waals surface area contributed by atoms with Gasteiger partial charge in [0, 0.05) is 31.7 Å². The summed E-state index contributed by atoms with van der Waals surface area (Å²) in [4.78, 5) is 39.2. The first-order valence-electron chi connectivity index (χ1n) is 9.90. The number of H-pyrrole nitrogens is 1. The Hall–Kier alpha value is -3.35. The van der Waals surface area contributed by atoms with Crippen LogP contribution >= 0.6 is 0 Å². The van der Waals surface area contributed by atoms with Gasteiger partial charge in [-0.25, -0.2) is 4.68 Å². The molecule has 2 aromatic carbocycles. The Labute approximate surface area is 167 Å². The molecule has 2 N–H and O–H groups in total. The van der Waals surface area contributed by atoms with Crippen molar-refractivity contribution < 1.29 is 4.79 Å². The van der Waals surface area contributed by atoms with E-state index in [9.17, 15) is 14.4 Å². The molecule has 7 heteroatoms. The Morgan fingerprint density at radius 3 is 2.55 bits per heavy atom. The number of amides is 1. The Bertz CT molecular complexity index is 1120. The maximum atomic E-state index is 12.5. The Kier molecular flexibility index (Phi) is 5.46. The number of benzene rings is 2. The monoisotopic (exact) mass is 392 g/mol. The average molecular weight is 392 g/mol. The SMILES string of the molecule is O=C(CCn1[nH]c(=O)c2ccccc2c1=O)NCC1CCN(c2ccccc2)C1. The van der Waals surface area contributed by atoms with E-state index in [1.165, 1.54) is 10.4 Å². The molecule has 1 fully saturated rings. The number of anilines is 1. The van der Waals surface area contributed by atoms with Gasteiger partial charge in [-0.1, -0.05) is 30.3 Å². The van der Waals surface area contributed by atoms with Crippen molar-refractivity contribution in [1.29, 1.82) is 0 Å². The molecule has 1 atom stereocenters. The Balaban J connectivity index is 1.30. The fourth-order valence-electron chi connectivity index (χ4n) is 3.84. The summed E-state index contributed by atoms with van der Waals surface area (Å²) in [6.45, 7) is 2.66.